The highest BCUT2D eigenvalue weighted by atomic mass is 127. The van der Waals surface area contributed by atoms with E-state index >= 15 is 0 Å². The molecule has 0 saturated heterocycles. The highest BCUT2D eigenvalue weighted by molar-refractivity contribution is 14.1. The Labute approximate surface area is 202 Å². The summed E-state index contributed by atoms with van der Waals surface area (Å²) in [5.74, 6) is 1.66. The Balaban J connectivity index is 1.49. The van der Waals surface area contributed by atoms with E-state index in [0.29, 0.717) is 0 Å². The number of rotatable bonds is 2. The molecule has 0 N–H and O–H groups in total. The van der Waals surface area contributed by atoms with Crippen LogP contribution in [0.15, 0.2) is 48.5 Å². The van der Waals surface area contributed by atoms with Gasteiger partial charge < -0.3 is 0 Å². The van der Waals surface area contributed by atoms with Crippen LogP contribution < -0.4 is 10.4 Å². The van der Waals surface area contributed by atoms with Crippen molar-refractivity contribution >= 4 is 40.3 Å². The monoisotopic (exact) mass is 527 g/mol. The van der Waals surface area contributed by atoms with Crippen molar-refractivity contribution < 1.29 is 0 Å². The minimum Gasteiger partial charge on any atom is -0.252 e. The van der Waals surface area contributed by atoms with Crippen LogP contribution in [-0.4, -0.2) is 4.98 Å². The number of hydrogen-bond donors (Lipinski definition) is 0. The van der Waals surface area contributed by atoms with Gasteiger partial charge in [0.15, 0.2) is 0 Å². The maximum absolute atomic E-state index is 5.16. The first kappa shape index (κ1) is 19.3. The zero-order valence-corrected chi connectivity index (χ0v) is 20.4. The Morgan fingerprint density at radius 2 is 1.69 bits per heavy atom. The van der Waals surface area contributed by atoms with E-state index in [-0.39, 0.29) is 0 Å². The van der Waals surface area contributed by atoms with Crippen LogP contribution in [0.3, 0.4) is 0 Å². The molecule has 4 aliphatic rings. The second kappa shape index (κ2) is 7.41. The van der Waals surface area contributed by atoms with Crippen molar-refractivity contribution in [3.63, 3.8) is 0 Å². The first-order chi connectivity index (χ1) is 15.7. The fourth-order valence-electron chi connectivity index (χ4n) is 6.34. The van der Waals surface area contributed by atoms with E-state index in [9.17, 15) is 0 Å². The van der Waals surface area contributed by atoms with Crippen molar-refractivity contribution in [3.05, 3.63) is 101 Å². The molecule has 0 radical (unpaired) electrons. The molecule has 2 aromatic carbocycles. The van der Waals surface area contributed by atoms with Crippen molar-refractivity contribution in [2.45, 2.75) is 44.9 Å². The molecule has 1 nitrogen and oxygen atoms in total. The van der Waals surface area contributed by atoms with Gasteiger partial charge in [0, 0.05) is 9.99 Å². The standard InChI is InChI=1S/C30H26IN/c31-22-9-11-23-20(15-22)7-10-25-24(23)12-13-26-27(25)16-21(18-3-1-4-18)17-28(26)30-14-8-19-5-2-6-29(19)32-30/h2,5,7-9,11-15,18,21H,1,3-4,6,10,16-17H2. The van der Waals surface area contributed by atoms with Gasteiger partial charge in [-0.15, -0.1) is 0 Å². The second-order valence-corrected chi connectivity index (χ2v) is 11.2. The molecule has 2 heteroatoms. The predicted molar refractivity (Wildman–Crippen MR) is 139 cm³/mol. The maximum atomic E-state index is 5.16. The van der Waals surface area contributed by atoms with E-state index in [4.69, 9.17) is 4.98 Å². The van der Waals surface area contributed by atoms with Crippen LogP contribution in [0.1, 0.15) is 53.8 Å². The molecule has 3 aromatic rings. The molecule has 1 aromatic heterocycles. The number of allylic oxidation sites excluding steroid dienone is 1. The molecule has 1 saturated carbocycles. The maximum Gasteiger partial charge on any atom is 0.0671 e. The minimum atomic E-state index is 0.768. The van der Waals surface area contributed by atoms with Crippen LogP contribution in [0.4, 0.5) is 0 Å². The van der Waals surface area contributed by atoms with Crippen molar-refractivity contribution in [1.29, 1.82) is 0 Å². The number of benzene rings is 2. The highest BCUT2D eigenvalue weighted by Crippen LogP contribution is 2.41. The summed E-state index contributed by atoms with van der Waals surface area (Å²) in [6.07, 6.45) is 15.6. The fourth-order valence-corrected chi connectivity index (χ4v) is 6.86. The van der Waals surface area contributed by atoms with Crippen molar-refractivity contribution in [2.24, 2.45) is 11.8 Å². The Morgan fingerprint density at radius 1 is 0.812 bits per heavy atom. The van der Waals surface area contributed by atoms with E-state index in [0.717, 1.165) is 24.7 Å². The molecule has 32 heavy (non-hydrogen) atoms. The summed E-state index contributed by atoms with van der Waals surface area (Å²) in [7, 11) is 0. The molecule has 1 atom stereocenters. The van der Waals surface area contributed by atoms with Crippen LogP contribution in [0.2, 0.25) is 0 Å². The fraction of sp³-hybridized carbons (Fsp3) is 0.300. The van der Waals surface area contributed by atoms with Gasteiger partial charge in [0.25, 0.3) is 0 Å². The van der Waals surface area contributed by atoms with Gasteiger partial charge in [-0.05, 0) is 115 Å². The number of fused-ring (bicyclic) bond motifs is 5. The molecule has 0 aliphatic heterocycles. The van der Waals surface area contributed by atoms with Crippen molar-refractivity contribution in [1.82, 2.24) is 4.98 Å². The van der Waals surface area contributed by atoms with E-state index in [2.05, 4.69) is 83.3 Å². The van der Waals surface area contributed by atoms with E-state index in [1.807, 2.05) is 0 Å². The number of nitrogens with zero attached hydrogens (tertiary/aromatic N) is 1. The quantitative estimate of drug-likeness (QED) is 0.405. The van der Waals surface area contributed by atoms with Gasteiger partial charge in [-0.2, -0.15) is 0 Å². The van der Waals surface area contributed by atoms with Crippen LogP contribution in [0.25, 0.3) is 17.7 Å². The number of halogens is 1. The Bertz CT molecular complexity index is 1520. The van der Waals surface area contributed by atoms with Crippen molar-refractivity contribution in [3.8, 4) is 0 Å². The Hall–Kier alpha value is -2.20. The van der Waals surface area contributed by atoms with Crippen LogP contribution in [0, 0.1) is 25.8 Å². The molecule has 0 amide bonds. The summed E-state index contributed by atoms with van der Waals surface area (Å²) in [5.41, 5.74) is 8.44. The van der Waals surface area contributed by atoms with Gasteiger partial charge in [-0.25, -0.2) is 0 Å². The largest absolute Gasteiger partial charge is 0.252 e. The first-order valence-electron chi connectivity index (χ1n) is 12.1. The molecular formula is C30H26IN. The third kappa shape index (κ3) is 2.98. The summed E-state index contributed by atoms with van der Waals surface area (Å²) >= 11 is 2.43. The lowest BCUT2D eigenvalue weighted by Crippen LogP contribution is -2.33. The normalized spacial score (nSPS) is 20.7. The summed E-state index contributed by atoms with van der Waals surface area (Å²) in [4.78, 5) is 5.16. The summed E-state index contributed by atoms with van der Waals surface area (Å²) in [6.45, 7) is 0. The van der Waals surface area contributed by atoms with Gasteiger partial charge in [0.05, 0.1) is 11.4 Å². The van der Waals surface area contributed by atoms with E-state index in [1.54, 1.807) is 11.1 Å². The average molecular weight is 527 g/mol. The zero-order chi connectivity index (χ0) is 21.2. The van der Waals surface area contributed by atoms with E-state index < -0.39 is 0 Å². The number of aromatic nitrogens is 1. The third-order valence-corrected chi connectivity index (χ3v) is 8.93. The topological polar surface area (TPSA) is 12.9 Å². The predicted octanol–water partition coefficient (Wildman–Crippen LogP) is 5.44. The molecule has 0 spiro atoms. The zero-order valence-electron chi connectivity index (χ0n) is 18.2. The lowest BCUT2D eigenvalue weighted by Gasteiger charge is -2.37. The van der Waals surface area contributed by atoms with Gasteiger partial charge >= 0.3 is 0 Å². The average Bonchev–Trinajstić information content (AvgIpc) is 3.24. The SMILES string of the molecule is Ic1ccc2c(c1)=CCc1c3c(ccc1=2)=C(c1ccc2c(n1)CC=C2)CC(C1CCC1)C3. The smallest absolute Gasteiger partial charge is 0.0671 e. The molecule has 1 fully saturated rings. The second-order valence-electron chi connectivity index (χ2n) is 9.93. The summed E-state index contributed by atoms with van der Waals surface area (Å²) in [5, 5.41) is 5.73. The molecular weight excluding hydrogens is 501 g/mol. The summed E-state index contributed by atoms with van der Waals surface area (Å²) < 4.78 is 1.32. The molecule has 158 valence electrons. The summed E-state index contributed by atoms with van der Waals surface area (Å²) in [6, 6.07) is 16.3. The molecule has 0 bridgehead atoms. The third-order valence-electron chi connectivity index (χ3n) is 8.26. The van der Waals surface area contributed by atoms with Gasteiger partial charge in [-0.1, -0.05) is 61.8 Å². The molecule has 1 unspecified atom stereocenters. The first-order valence-corrected chi connectivity index (χ1v) is 13.1. The van der Waals surface area contributed by atoms with Crippen LogP contribution in [-0.2, 0) is 19.3 Å². The molecule has 4 aliphatic carbocycles. The van der Waals surface area contributed by atoms with Gasteiger partial charge in [0.1, 0.15) is 0 Å². The Morgan fingerprint density at radius 3 is 2.56 bits per heavy atom. The Kier molecular flexibility index (Phi) is 4.47. The van der Waals surface area contributed by atoms with Crippen LogP contribution >= 0.6 is 22.6 Å². The lowest BCUT2D eigenvalue weighted by atomic mass is 9.68. The number of pyridine rings is 1. The molecule has 7 rings (SSSR count). The lowest BCUT2D eigenvalue weighted by molar-refractivity contribution is 0.205. The number of hydrogen-bond acceptors (Lipinski definition) is 1. The van der Waals surface area contributed by atoms with Gasteiger partial charge in [-0.3, -0.25) is 4.98 Å². The highest BCUT2D eigenvalue weighted by Gasteiger charge is 2.32. The van der Waals surface area contributed by atoms with E-state index in [1.165, 1.54) is 79.1 Å². The van der Waals surface area contributed by atoms with Gasteiger partial charge in [0.2, 0.25) is 0 Å². The molecule has 1 heterocycles. The van der Waals surface area contributed by atoms with Crippen LogP contribution in [0.5, 0.6) is 0 Å². The van der Waals surface area contributed by atoms with Crippen molar-refractivity contribution in [2.75, 3.05) is 0 Å². The minimum absolute atomic E-state index is 0.768.